The Labute approximate surface area is 145 Å². The lowest BCUT2D eigenvalue weighted by Gasteiger charge is -2.31. The molecular weight excluding hydrogens is 320 g/mol. The van der Waals surface area contributed by atoms with Crippen molar-refractivity contribution in [3.8, 4) is 11.3 Å². The quantitative estimate of drug-likeness (QED) is 0.762. The average molecular weight is 340 g/mol. The van der Waals surface area contributed by atoms with Crippen LogP contribution in [0.4, 0.5) is 5.69 Å². The largest absolute Gasteiger partial charge is 0.478 e. The molecule has 0 radical (unpaired) electrons. The van der Waals surface area contributed by atoms with Crippen LogP contribution in [0.1, 0.15) is 10.4 Å². The fourth-order valence-corrected chi connectivity index (χ4v) is 3.50. The zero-order valence-corrected chi connectivity index (χ0v) is 13.7. The summed E-state index contributed by atoms with van der Waals surface area (Å²) in [5.74, 6) is -0.941. The predicted molar refractivity (Wildman–Crippen MR) is 93.3 cm³/mol. The molecule has 3 heterocycles. The Morgan fingerprint density at radius 1 is 1.20 bits per heavy atom. The molecular formula is C18H20N4O3. The molecule has 2 fully saturated rings. The van der Waals surface area contributed by atoms with Crippen molar-refractivity contribution >= 4 is 11.7 Å². The minimum absolute atomic E-state index is 0.255. The van der Waals surface area contributed by atoms with Crippen LogP contribution in [0, 0.1) is 0 Å². The van der Waals surface area contributed by atoms with E-state index in [2.05, 4.69) is 15.2 Å². The predicted octanol–water partition coefficient (Wildman–Crippen LogP) is 0.816. The molecule has 1 unspecified atom stereocenters. The first-order valence-electron chi connectivity index (χ1n) is 8.34. The van der Waals surface area contributed by atoms with Gasteiger partial charge in [0.25, 0.3) is 0 Å². The van der Waals surface area contributed by atoms with E-state index in [-0.39, 0.29) is 5.56 Å². The molecule has 0 aliphatic carbocycles. The van der Waals surface area contributed by atoms with E-state index in [1.165, 1.54) is 0 Å². The number of nitrogens with one attached hydrogen (secondary N) is 1. The van der Waals surface area contributed by atoms with Crippen molar-refractivity contribution in [1.82, 2.24) is 15.2 Å². The lowest BCUT2D eigenvalue weighted by molar-refractivity contribution is 0.00984. The number of hydrogen-bond acceptors (Lipinski definition) is 6. The summed E-state index contributed by atoms with van der Waals surface area (Å²) in [7, 11) is 0. The minimum atomic E-state index is -0.941. The second-order valence-electron chi connectivity index (χ2n) is 6.38. The van der Waals surface area contributed by atoms with Crippen LogP contribution in [0.5, 0.6) is 0 Å². The van der Waals surface area contributed by atoms with Gasteiger partial charge in [-0.25, -0.2) is 4.79 Å². The highest BCUT2D eigenvalue weighted by Gasteiger charge is 2.39. The molecule has 2 atom stereocenters. The molecule has 2 aliphatic heterocycles. The summed E-state index contributed by atoms with van der Waals surface area (Å²) in [5, 5.41) is 22.9. The van der Waals surface area contributed by atoms with Crippen LogP contribution in [0.2, 0.25) is 0 Å². The van der Waals surface area contributed by atoms with Crippen LogP contribution in [0.3, 0.4) is 0 Å². The first-order chi connectivity index (χ1) is 12.1. The molecule has 3 N–H and O–H groups in total. The molecule has 2 aliphatic rings. The molecule has 0 saturated carbocycles. The van der Waals surface area contributed by atoms with Gasteiger partial charge in [-0.05, 0) is 24.3 Å². The van der Waals surface area contributed by atoms with E-state index in [1.54, 1.807) is 30.5 Å². The molecule has 0 bridgehead atoms. The smallest absolute Gasteiger partial charge is 0.335 e. The first-order valence-corrected chi connectivity index (χ1v) is 8.34. The SMILES string of the molecule is O=C(O)c1ccc(-c2ccc(N3C[C@@H]4CNCCN4C3O)cn2)cc1. The maximum absolute atomic E-state index is 10.9. The fourth-order valence-electron chi connectivity index (χ4n) is 3.50. The lowest BCUT2D eigenvalue weighted by atomic mass is 10.1. The topological polar surface area (TPSA) is 88.9 Å². The van der Waals surface area contributed by atoms with E-state index in [0.717, 1.165) is 43.1 Å². The van der Waals surface area contributed by atoms with Gasteiger partial charge in [0.1, 0.15) is 0 Å². The van der Waals surface area contributed by atoms with Crippen molar-refractivity contribution in [2.75, 3.05) is 31.1 Å². The number of carboxylic acids is 1. The Kier molecular flexibility index (Phi) is 4.12. The standard InChI is InChI=1S/C18H20N4O3/c23-17(24)13-3-1-12(2-4-13)16-6-5-14(10-20-16)22-11-15-9-19-7-8-21(15)18(22)25/h1-6,10,15,18-19,25H,7-9,11H2,(H,23,24)/t15-,18?/m0/s1. The maximum atomic E-state index is 10.9. The van der Waals surface area contributed by atoms with Crippen LogP contribution in [0.15, 0.2) is 42.6 Å². The van der Waals surface area contributed by atoms with Gasteiger partial charge in [-0.15, -0.1) is 0 Å². The summed E-state index contributed by atoms with van der Waals surface area (Å²) < 4.78 is 0. The minimum Gasteiger partial charge on any atom is -0.478 e. The summed E-state index contributed by atoms with van der Waals surface area (Å²) in [6.45, 7) is 3.38. The molecule has 7 heteroatoms. The van der Waals surface area contributed by atoms with Crippen LogP contribution in [0.25, 0.3) is 11.3 Å². The zero-order chi connectivity index (χ0) is 17.4. The highest BCUT2D eigenvalue weighted by Crippen LogP contribution is 2.28. The lowest BCUT2D eigenvalue weighted by Crippen LogP contribution is -2.51. The second kappa shape index (κ2) is 6.44. The number of fused-ring (bicyclic) bond motifs is 1. The van der Waals surface area contributed by atoms with Gasteiger partial charge in [-0.2, -0.15) is 0 Å². The third-order valence-corrected chi connectivity index (χ3v) is 4.89. The second-order valence-corrected chi connectivity index (χ2v) is 6.38. The van der Waals surface area contributed by atoms with E-state index in [4.69, 9.17) is 5.11 Å². The van der Waals surface area contributed by atoms with E-state index in [1.807, 2.05) is 17.0 Å². The third kappa shape index (κ3) is 2.97. The summed E-state index contributed by atoms with van der Waals surface area (Å²) in [6, 6.07) is 10.8. The molecule has 7 nitrogen and oxygen atoms in total. The maximum Gasteiger partial charge on any atom is 0.335 e. The number of rotatable bonds is 3. The number of nitrogens with zero attached hydrogens (tertiary/aromatic N) is 3. The van der Waals surface area contributed by atoms with Crippen LogP contribution >= 0.6 is 0 Å². The number of carbonyl (C=O) groups is 1. The van der Waals surface area contributed by atoms with Crippen LogP contribution in [-0.4, -0.2) is 64.6 Å². The van der Waals surface area contributed by atoms with Gasteiger partial charge in [0, 0.05) is 37.8 Å². The van der Waals surface area contributed by atoms with Gasteiger partial charge in [-0.1, -0.05) is 12.1 Å². The molecule has 25 heavy (non-hydrogen) atoms. The van der Waals surface area contributed by atoms with Crippen molar-refractivity contribution < 1.29 is 15.0 Å². The summed E-state index contributed by atoms with van der Waals surface area (Å²) >= 11 is 0. The normalized spacial score (nSPS) is 23.5. The van der Waals surface area contributed by atoms with E-state index in [9.17, 15) is 9.90 Å². The molecule has 4 rings (SSSR count). The fraction of sp³-hybridized carbons (Fsp3) is 0.333. The Morgan fingerprint density at radius 3 is 2.64 bits per heavy atom. The average Bonchev–Trinajstić information content (AvgIpc) is 2.99. The van der Waals surface area contributed by atoms with E-state index < -0.39 is 12.3 Å². The number of benzene rings is 1. The zero-order valence-electron chi connectivity index (χ0n) is 13.7. The number of piperazine rings is 1. The van der Waals surface area contributed by atoms with Gasteiger partial charge in [-0.3, -0.25) is 9.88 Å². The first kappa shape index (κ1) is 16.0. The molecule has 0 spiro atoms. The van der Waals surface area contributed by atoms with E-state index in [0.29, 0.717) is 6.04 Å². The Balaban J connectivity index is 1.53. The van der Waals surface area contributed by atoms with Crippen molar-refractivity contribution in [2.45, 2.75) is 12.4 Å². The number of carboxylic acid groups (broad SMARTS) is 1. The molecule has 0 amide bonds. The highest BCUT2D eigenvalue weighted by molar-refractivity contribution is 5.88. The Bertz CT molecular complexity index is 763. The molecule has 2 saturated heterocycles. The third-order valence-electron chi connectivity index (χ3n) is 4.89. The van der Waals surface area contributed by atoms with Crippen molar-refractivity contribution in [2.24, 2.45) is 0 Å². The van der Waals surface area contributed by atoms with Gasteiger partial charge in [0.2, 0.25) is 0 Å². The number of pyridine rings is 1. The molecule has 2 aromatic rings. The summed E-state index contributed by atoms with van der Waals surface area (Å²) in [5.41, 5.74) is 2.77. The van der Waals surface area contributed by atoms with Gasteiger partial charge in [0.05, 0.1) is 23.1 Å². The van der Waals surface area contributed by atoms with Gasteiger partial charge < -0.3 is 20.4 Å². The summed E-state index contributed by atoms with van der Waals surface area (Å²) in [4.78, 5) is 19.5. The van der Waals surface area contributed by atoms with Crippen molar-refractivity contribution in [1.29, 1.82) is 0 Å². The Hall–Kier alpha value is -2.48. The van der Waals surface area contributed by atoms with Crippen LogP contribution in [-0.2, 0) is 0 Å². The highest BCUT2D eigenvalue weighted by atomic mass is 16.4. The monoisotopic (exact) mass is 340 g/mol. The van der Waals surface area contributed by atoms with Crippen LogP contribution < -0.4 is 10.2 Å². The molecule has 1 aromatic heterocycles. The van der Waals surface area contributed by atoms with Crippen molar-refractivity contribution in [3.05, 3.63) is 48.2 Å². The molecule has 1 aromatic carbocycles. The summed E-state index contributed by atoms with van der Waals surface area (Å²) in [6.07, 6.45) is 1.14. The number of hydrogen-bond donors (Lipinski definition) is 3. The number of aliphatic hydroxyl groups is 1. The van der Waals surface area contributed by atoms with E-state index >= 15 is 0 Å². The number of aromatic carboxylic acids is 1. The number of anilines is 1. The van der Waals surface area contributed by atoms with Crippen molar-refractivity contribution in [3.63, 3.8) is 0 Å². The van der Waals surface area contributed by atoms with Gasteiger partial charge >= 0.3 is 5.97 Å². The number of aliphatic hydroxyl groups excluding tert-OH is 1. The number of aromatic nitrogens is 1. The van der Waals surface area contributed by atoms with Gasteiger partial charge in [0.15, 0.2) is 6.35 Å². The molecule has 130 valence electrons. The Morgan fingerprint density at radius 2 is 2.00 bits per heavy atom.